The lowest BCUT2D eigenvalue weighted by Gasteiger charge is -2.20. The number of halogens is 2. The van der Waals surface area contributed by atoms with E-state index in [1.54, 1.807) is 6.07 Å². The first-order valence-electron chi connectivity index (χ1n) is 6.02. The third kappa shape index (κ3) is 3.55. The zero-order chi connectivity index (χ0) is 14.7. The van der Waals surface area contributed by atoms with Crippen molar-refractivity contribution in [2.75, 3.05) is 11.9 Å². The van der Waals surface area contributed by atoms with E-state index in [1.807, 2.05) is 42.3 Å². The van der Waals surface area contributed by atoms with Gasteiger partial charge < -0.3 is 10.6 Å². The number of benzene rings is 2. The number of nitrogens with zero attached hydrogens (tertiary/aromatic N) is 1. The molecule has 0 aliphatic heterocycles. The first-order chi connectivity index (χ1) is 9.47. The number of anilines is 1. The highest BCUT2D eigenvalue weighted by Gasteiger charge is 2.08. The largest absolute Gasteiger partial charge is 0.389 e. The van der Waals surface area contributed by atoms with Crippen LogP contribution in [-0.4, -0.2) is 12.0 Å². The number of thiocarbonyl (C=S) groups is 1. The Labute approximate surface area is 131 Å². The van der Waals surface area contributed by atoms with E-state index < -0.39 is 0 Å². The Morgan fingerprint density at radius 1 is 1.30 bits per heavy atom. The van der Waals surface area contributed by atoms with E-state index in [2.05, 4.69) is 15.9 Å². The highest BCUT2D eigenvalue weighted by Crippen LogP contribution is 2.20. The fourth-order valence-corrected chi connectivity index (χ4v) is 2.35. The average molecular weight is 353 g/mol. The molecule has 0 unspecified atom stereocenters. The van der Waals surface area contributed by atoms with Crippen LogP contribution in [0.5, 0.6) is 0 Å². The maximum Gasteiger partial charge on any atom is 0.129 e. The summed E-state index contributed by atoms with van der Waals surface area (Å²) >= 11 is 8.22. The van der Waals surface area contributed by atoms with E-state index in [1.165, 1.54) is 6.07 Å². The molecule has 0 aliphatic rings. The van der Waals surface area contributed by atoms with Gasteiger partial charge in [0, 0.05) is 34.9 Å². The van der Waals surface area contributed by atoms with Crippen LogP contribution in [0, 0.1) is 5.82 Å². The Morgan fingerprint density at radius 3 is 2.70 bits per heavy atom. The van der Waals surface area contributed by atoms with Gasteiger partial charge in [-0.15, -0.1) is 0 Å². The van der Waals surface area contributed by atoms with Crippen molar-refractivity contribution in [2.45, 2.75) is 6.54 Å². The molecule has 0 aromatic heterocycles. The van der Waals surface area contributed by atoms with Crippen LogP contribution in [0.3, 0.4) is 0 Å². The van der Waals surface area contributed by atoms with E-state index in [4.69, 9.17) is 18.0 Å². The van der Waals surface area contributed by atoms with E-state index >= 15 is 0 Å². The van der Waals surface area contributed by atoms with Gasteiger partial charge in [0.25, 0.3) is 0 Å². The molecule has 0 aliphatic carbocycles. The highest BCUT2D eigenvalue weighted by atomic mass is 79.9. The summed E-state index contributed by atoms with van der Waals surface area (Å²) in [5, 5.41) is 0. The Morgan fingerprint density at radius 2 is 2.05 bits per heavy atom. The van der Waals surface area contributed by atoms with Crippen molar-refractivity contribution in [3.8, 4) is 0 Å². The Bertz CT molecular complexity index is 646. The molecule has 104 valence electrons. The van der Waals surface area contributed by atoms with Crippen LogP contribution < -0.4 is 10.6 Å². The van der Waals surface area contributed by atoms with Crippen LogP contribution >= 0.6 is 28.1 Å². The molecule has 20 heavy (non-hydrogen) atoms. The summed E-state index contributed by atoms with van der Waals surface area (Å²) in [6.07, 6.45) is 0. The molecular formula is C15H14BrFN2S. The summed E-state index contributed by atoms with van der Waals surface area (Å²) in [5.41, 5.74) is 8.01. The summed E-state index contributed by atoms with van der Waals surface area (Å²) < 4.78 is 14.6. The molecule has 0 heterocycles. The maximum atomic E-state index is 13.8. The van der Waals surface area contributed by atoms with Crippen LogP contribution in [-0.2, 0) is 6.54 Å². The molecule has 2 aromatic carbocycles. The quantitative estimate of drug-likeness (QED) is 0.847. The molecule has 0 spiro atoms. The summed E-state index contributed by atoms with van der Waals surface area (Å²) in [6.45, 7) is 0.472. The molecule has 0 bridgehead atoms. The van der Waals surface area contributed by atoms with E-state index in [9.17, 15) is 4.39 Å². The standard InChI is InChI=1S/C15H14BrFN2S/c1-19(9-11-5-6-12(16)8-14(11)17)13-4-2-3-10(7-13)15(18)20/h2-8H,9H2,1H3,(H2,18,20). The predicted molar refractivity (Wildman–Crippen MR) is 88.5 cm³/mol. The van der Waals surface area contributed by atoms with Crippen LogP contribution in [0.2, 0.25) is 0 Å². The zero-order valence-corrected chi connectivity index (χ0v) is 13.3. The Hall–Kier alpha value is -1.46. The molecule has 0 saturated carbocycles. The minimum atomic E-state index is -0.225. The lowest BCUT2D eigenvalue weighted by molar-refractivity contribution is 0.607. The van der Waals surface area contributed by atoms with E-state index in [-0.39, 0.29) is 5.82 Å². The summed E-state index contributed by atoms with van der Waals surface area (Å²) in [4.78, 5) is 2.31. The van der Waals surface area contributed by atoms with Crippen molar-refractivity contribution in [3.05, 3.63) is 63.9 Å². The first kappa shape index (κ1) is 14.9. The van der Waals surface area contributed by atoms with Gasteiger partial charge in [-0.3, -0.25) is 0 Å². The van der Waals surface area contributed by atoms with Gasteiger partial charge in [-0.2, -0.15) is 0 Å². The van der Waals surface area contributed by atoms with Crippen LogP contribution in [0.25, 0.3) is 0 Å². The minimum absolute atomic E-state index is 0.225. The summed E-state index contributed by atoms with van der Waals surface area (Å²) in [7, 11) is 1.90. The molecule has 0 atom stereocenters. The lowest BCUT2D eigenvalue weighted by Crippen LogP contribution is -2.18. The van der Waals surface area contributed by atoms with Crippen LogP contribution in [0.1, 0.15) is 11.1 Å². The highest BCUT2D eigenvalue weighted by molar-refractivity contribution is 9.10. The van der Waals surface area contributed by atoms with Crippen molar-refractivity contribution in [3.63, 3.8) is 0 Å². The molecular weight excluding hydrogens is 339 g/mol. The van der Waals surface area contributed by atoms with Crippen molar-refractivity contribution >= 4 is 38.8 Å². The van der Waals surface area contributed by atoms with Crippen molar-refractivity contribution in [1.29, 1.82) is 0 Å². The SMILES string of the molecule is CN(Cc1ccc(Br)cc1F)c1cccc(C(N)=S)c1. The van der Waals surface area contributed by atoms with E-state index in [0.717, 1.165) is 15.7 Å². The van der Waals surface area contributed by atoms with Gasteiger partial charge in [0.15, 0.2) is 0 Å². The summed E-state index contributed by atoms with van der Waals surface area (Å²) in [6, 6.07) is 12.7. The second-order valence-corrected chi connectivity index (χ2v) is 5.86. The fourth-order valence-electron chi connectivity index (χ4n) is 1.89. The van der Waals surface area contributed by atoms with Crippen LogP contribution in [0.4, 0.5) is 10.1 Å². The molecule has 0 fully saturated rings. The van der Waals surface area contributed by atoms with Gasteiger partial charge in [-0.25, -0.2) is 4.39 Å². The number of nitrogens with two attached hydrogens (primary N) is 1. The molecule has 2 N–H and O–H groups in total. The number of hydrogen-bond donors (Lipinski definition) is 1. The lowest BCUT2D eigenvalue weighted by atomic mass is 10.1. The molecule has 0 amide bonds. The third-order valence-electron chi connectivity index (χ3n) is 2.99. The van der Waals surface area contributed by atoms with Crippen molar-refractivity contribution in [1.82, 2.24) is 0 Å². The molecule has 0 radical (unpaired) electrons. The molecule has 2 rings (SSSR count). The normalized spacial score (nSPS) is 10.3. The molecule has 5 heteroatoms. The molecule has 2 nitrogen and oxygen atoms in total. The third-order valence-corrected chi connectivity index (χ3v) is 3.72. The predicted octanol–water partition coefficient (Wildman–Crippen LogP) is 3.86. The van der Waals surface area contributed by atoms with Crippen molar-refractivity contribution in [2.24, 2.45) is 5.73 Å². The minimum Gasteiger partial charge on any atom is -0.389 e. The van der Waals surface area contributed by atoms with Gasteiger partial charge in [0.05, 0.1) is 0 Å². The monoisotopic (exact) mass is 352 g/mol. The Balaban J connectivity index is 2.21. The van der Waals surface area contributed by atoms with Crippen molar-refractivity contribution < 1.29 is 4.39 Å². The van der Waals surface area contributed by atoms with Gasteiger partial charge in [-0.1, -0.05) is 46.3 Å². The topological polar surface area (TPSA) is 29.3 Å². The summed E-state index contributed by atoms with van der Waals surface area (Å²) in [5.74, 6) is -0.225. The second-order valence-electron chi connectivity index (χ2n) is 4.51. The van der Waals surface area contributed by atoms with Crippen LogP contribution in [0.15, 0.2) is 46.9 Å². The average Bonchev–Trinajstić information content (AvgIpc) is 2.42. The number of rotatable bonds is 4. The zero-order valence-electron chi connectivity index (χ0n) is 10.9. The second kappa shape index (κ2) is 6.33. The van der Waals surface area contributed by atoms with Gasteiger partial charge in [0.2, 0.25) is 0 Å². The first-order valence-corrected chi connectivity index (χ1v) is 7.22. The van der Waals surface area contributed by atoms with Gasteiger partial charge in [-0.05, 0) is 24.3 Å². The fraction of sp³-hybridized carbons (Fsp3) is 0.133. The molecule has 0 saturated heterocycles. The maximum absolute atomic E-state index is 13.8. The van der Waals surface area contributed by atoms with Gasteiger partial charge in [0.1, 0.15) is 10.8 Å². The Kier molecular flexibility index (Phi) is 4.73. The van der Waals surface area contributed by atoms with E-state index in [0.29, 0.717) is 17.1 Å². The van der Waals surface area contributed by atoms with Gasteiger partial charge >= 0.3 is 0 Å². The molecule has 2 aromatic rings. The number of hydrogen-bond acceptors (Lipinski definition) is 2. The smallest absolute Gasteiger partial charge is 0.129 e.